The van der Waals surface area contributed by atoms with Crippen molar-refractivity contribution in [2.45, 2.75) is 39.0 Å². The lowest BCUT2D eigenvalue weighted by molar-refractivity contribution is 0.287. The molecule has 0 unspecified atom stereocenters. The van der Waals surface area contributed by atoms with Gasteiger partial charge in [-0.15, -0.1) is 0 Å². The largest absolute Gasteiger partial charge is 0.293 e. The second-order valence-corrected chi connectivity index (χ2v) is 12.9. The highest BCUT2D eigenvalue weighted by Gasteiger charge is 2.19. The average Bonchev–Trinajstić information content (AvgIpc) is 2.52. The van der Waals surface area contributed by atoms with Crippen molar-refractivity contribution >= 4 is 40.2 Å². The van der Waals surface area contributed by atoms with Crippen LogP contribution in [0.4, 0.5) is 0 Å². The Balaban J connectivity index is 4.06. The van der Waals surface area contributed by atoms with Gasteiger partial charge in [-0.25, -0.2) is 8.42 Å². The first-order valence-electron chi connectivity index (χ1n) is 7.97. The van der Waals surface area contributed by atoms with E-state index in [0.717, 1.165) is 6.26 Å². The minimum absolute atomic E-state index is 0.0669. The van der Waals surface area contributed by atoms with Gasteiger partial charge in [0.2, 0.25) is 0 Å². The number of sulfone groups is 1. The fourth-order valence-electron chi connectivity index (χ4n) is 1.57. The highest BCUT2D eigenvalue weighted by molar-refractivity contribution is 7.92. The molecule has 0 spiro atoms. The lowest BCUT2D eigenvalue weighted by Crippen LogP contribution is -2.19. The lowest BCUT2D eigenvalue weighted by Gasteiger charge is -2.07. The van der Waals surface area contributed by atoms with Gasteiger partial charge in [-0.2, -0.15) is 25.3 Å². The Morgan fingerprint density at radius 2 is 1.04 bits per heavy atom. The molecule has 0 radical (unpaired) electrons. The summed E-state index contributed by atoms with van der Waals surface area (Å²) in [7, 11) is -15.7. The molecule has 0 rings (SSSR count). The summed E-state index contributed by atoms with van der Waals surface area (Å²) in [5, 5.41) is 0. The molecule has 0 fully saturated rings. The van der Waals surface area contributed by atoms with Gasteiger partial charge < -0.3 is 0 Å². The Morgan fingerprint density at radius 3 is 1.44 bits per heavy atom. The van der Waals surface area contributed by atoms with Crippen LogP contribution in [-0.4, -0.2) is 69.9 Å². The molecular formula is C12H26O11S4. The van der Waals surface area contributed by atoms with Gasteiger partial charge in [0, 0.05) is 6.26 Å². The minimum atomic E-state index is -4.07. The van der Waals surface area contributed by atoms with Crippen molar-refractivity contribution in [2.24, 2.45) is 0 Å². The van der Waals surface area contributed by atoms with E-state index in [9.17, 15) is 33.7 Å². The normalized spacial score (nSPS) is 13.7. The second-order valence-electron chi connectivity index (χ2n) is 5.71. The van der Waals surface area contributed by atoms with Crippen molar-refractivity contribution in [1.29, 1.82) is 0 Å². The molecule has 0 aliphatic heterocycles. The molecule has 164 valence electrons. The Labute approximate surface area is 161 Å². The quantitative estimate of drug-likeness (QED) is 0.217. The minimum Gasteiger partial charge on any atom is -0.268 e. The zero-order chi connectivity index (χ0) is 21.2. The van der Waals surface area contributed by atoms with Crippen LogP contribution in [0.2, 0.25) is 0 Å². The molecule has 0 aromatic heterocycles. The monoisotopic (exact) mass is 474 g/mol. The zero-order valence-electron chi connectivity index (χ0n) is 15.2. The van der Waals surface area contributed by atoms with Crippen LogP contribution >= 0.6 is 0 Å². The van der Waals surface area contributed by atoms with Crippen molar-refractivity contribution in [3.05, 3.63) is 0 Å². The van der Waals surface area contributed by atoms with E-state index in [0.29, 0.717) is 19.3 Å². The molecule has 15 heteroatoms. The average molecular weight is 475 g/mol. The maximum Gasteiger partial charge on any atom is 0.293 e. The molecule has 0 aliphatic rings. The fourth-order valence-corrected chi connectivity index (χ4v) is 5.75. The van der Waals surface area contributed by atoms with Crippen molar-refractivity contribution < 1.29 is 46.2 Å². The van der Waals surface area contributed by atoms with E-state index in [4.69, 9.17) is 0 Å². The third-order valence-corrected chi connectivity index (χ3v) is 7.13. The topological polar surface area (TPSA) is 164 Å². The van der Waals surface area contributed by atoms with Crippen LogP contribution in [0.1, 0.15) is 39.0 Å². The van der Waals surface area contributed by atoms with Crippen LogP contribution in [0, 0.1) is 0 Å². The van der Waals surface area contributed by atoms with Gasteiger partial charge in [0.1, 0.15) is 0 Å². The third kappa shape index (κ3) is 16.3. The molecule has 0 heterocycles. The Kier molecular flexibility index (Phi) is 11.5. The number of rotatable bonds is 16. The standard InChI is InChI=1S/C12H26O11S4/c1-3-8-21-27(19,20)12-23-26(17,18)10-7-5-4-6-9-25(15,16)22-11-24(2,13)14/h3-12H2,1-2H3. The first-order chi connectivity index (χ1) is 12.2. The highest BCUT2D eigenvalue weighted by Crippen LogP contribution is 2.08. The van der Waals surface area contributed by atoms with Crippen LogP contribution in [0.25, 0.3) is 0 Å². The molecule has 0 N–H and O–H groups in total. The SMILES string of the molecule is CCCOS(=O)(=O)COS(=O)(=O)CCCCCCS(=O)(=O)OCS(C)(=O)=O. The second kappa shape index (κ2) is 11.6. The molecule has 0 aromatic rings. The van der Waals surface area contributed by atoms with E-state index in [-0.39, 0.29) is 19.4 Å². The summed E-state index contributed by atoms with van der Waals surface area (Å²) in [6.45, 7) is 1.62. The molecule has 11 nitrogen and oxygen atoms in total. The van der Waals surface area contributed by atoms with Gasteiger partial charge in [-0.3, -0.25) is 12.5 Å². The number of unbranched alkanes of at least 4 members (excludes halogenated alkanes) is 3. The van der Waals surface area contributed by atoms with E-state index in [1.54, 1.807) is 6.92 Å². The van der Waals surface area contributed by atoms with Gasteiger partial charge in [-0.05, 0) is 19.3 Å². The summed E-state index contributed by atoms with van der Waals surface area (Å²) < 4.78 is 104. The van der Waals surface area contributed by atoms with Gasteiger partial charge in [0.15, 0.2) is 21.7 Å². The first-order valence-corrected chi connectivity index (χ1v) is 14.8. The summed E-state index contributed by atoms with van der Waals surface area (Å²) in [5.74, 6) is -2.83. The molecule has 0 saturated carbocycles. The van der Waals surface area contributed by atoms with Gasteiger partial charge in [0.05, 0.1) is 18.1 Å². The van der Waals surface area contributed by atoms with Crippen molar-refractivity contribution in [1.82, 2.24) is 0 Å². The predicted octanol–water partition coefficient (Wildman–Crippen LogP) is -0.0444. The smallest absolute Gasteiger partial charge is 0.268 e. The van der Waals surface area contributed by atoms with Gasteiger partial charge >= 0.3 is 0 Å². The molecule has 27 heavy (non-hydrogen) atoms. The zero-order valence-corrected chi connectivity index (χ0v) is 18.5. The molecule has 0 saturated heterocycles. The van der Waals surface area contributed by atoms with Crippen LogP contribution in [0.15, 0.2) is 0 Å². The molecular weight excluding hydrogens is 448 g/mol. The lowest BCUT2D eigenvalue weighted by atomic mass is 10.2. The summed E-state index contributed by atoms with van der Waals surface area (Å²) in [5.41, 5.74) is 0. The molecule has 0 aromatic carbocycles. The molecule has 0 bridgehead atoms. The maximum atomic E-state index is 11.6. The molecule has 0 aliphatic carbocycles. The summed E-state index contributed by atoms with van der Waals surface area (Å²) >= 11 is 0. The van der Waals surface area contributed by atoms with E-state index in [1.165, 1.54) is 0 Å². The van der Waals surface area contributed by atoms with Crippen molar-refractivity contribution in [2.75, 3.05) is 36.2 Å². The van der Waals surface area contributed by atoms with E-state index in [1.807, 2.05) is 0 Å². The van der Waals surface area contributed by atoms with Crippen molar-refractivity contribution in [3.8, 4) is 0 Å². The summed E-state index contributed by atoms with van der Waals surface area (Å²) in [6, 6.07) is 0. The van der Waals surface area contributed by atoms with Gasteiger partial charge in [0.25, 0.3) is 30.4 Å². The Morgan fingerprint density at radius 1 is 0.593 bits per heavy atom. The number of hydrogen-bond donors (Lipinski definition) is 0. The van der Waals surface area contributed by atoms with Crippen LogP contribution in [0.5, 0.6) is 0 Å². The van der Waals surface area contributed by atoms with E-state index >= 15 is 0 Å². The van der Waals surface area contributed by atoms with Crippen molar-refractivity contribution in [3.63, 3.8) is 0 Å². The predicted molar refractivity (Wildman–Crippen MR) is 98.0 cm³/mol. The van der Waals surface area contributed by atoms with Crippen LogP contribution in [0.3, 0.4) is 0 Å². The van der Waals surface area contributed by atoms with Crippen LogP contribution in [-0.2, 0) is 52.7 Å². The first kappa shape index (κ1) is 26.7. The maximum absolute atomic E-state index is 11.6. The van der Waals surface area contributed by atoms with Gasteiger partial charge in [-0.1, -0.05) is 19.8 Å². The third-order valence-electron chi connectivity index (χ3n) is 2.82. The summed E-state index contributed by atoms with van der Waals surface area (Å²) in [6.07, 6.45) is 2.29. The summed E-state index contributed by atoms with van der Waals surface area (Å²) in [4.78, 5) is 0. The Hall–Kier alpha value is -0.320. The molecule has 0 amide bonds. The number of hydrogen-bond acceptors (Lipinski definition) is 11. The fraction of sp³-hybridized carbons (Fsp3) is 1.00. The molecule has 0 atom stereocenters. The van der Waals surface area contributed by atoms with Crippen LogP contribution < -0.4 is 0 Å². The highest BCUT2D eigenvalue weighted by atomic mass is 32.2. The van der Waals surface area contributed by atoms with E-state index in [2.05, 4.69) is 12.5 Å². The van der Waals surface area contributed by atoms with E-state index < -0.39 is 63.6 Å². The Bertz CT molecular complexity index is 839.